The van der Waals surface area contributed by atoms with Crippen molar-refractivity contribution in [2.24, 2.45) is 5.73 Å². The van der Waals surface area contributed by atoms with Crippen LogP contribution in [0.15, 0.2) is 23.1 Å². The molecule has 0 unspecified atom stereocenters. The number of hydrogen-bond donors (Lipinski definition) is 2. The highest BCUT2D eigenvalue weighted by atomic mass is 32.2. The van der Waals surface area contributed by atoms with Gasteiger partial charge in [0.2, 0.25) is 15.9 Å². The van der Waals surface area contributed by atoms with Crippen LogP contribution in [0.1, 0.15) is 18.4 Å². The maximum absolute atomic E-state index is 13.6. The number of likely N-dealkylation sites (tertiary alicyclic amines) is 1. The highest BCUT2D eigenvalue weighted by molar-refractivity contribution is 7.89. The van der Waals surface area contributed by atoms with E-state index in [4.69, 9.17) is 5.73 Å². The fourth-order valence-corrected chi connectivity index (χ4v) is 3.53. The highest BCUT2D eigenvalue weighted by Crippen LogP contribution is 2.18. The fraction of sp³-hybridized carbons (Fsp3) is 0.462. The number of nitrogens with two attached hydrogens (primary N) is 1. The molecule has 1 aromatic carbocycles. The Kier molecular flexibility index (Phi) is 4.92. The normalized spacial score (nSPS) is 15.4. The molecule has 21 heavy (non-hydrogen) atoms. The van der Waals surface area contributed by atoms with E-state index in [1.807, 2.05) is 0 Å². The van der Waals surface area contributed by atoms with Gasteiger partial charge in [0.15, 0.2) is 0 Å². The lowest BCUT2D eigenvalue weighted by Gasteiger charge is -2.16. The molecule has 0 bridgehead atoms. The fourth-order valence-electron chi connectivity index (χ4n) is 2.30. The van der Waals surface area contributed by atoms with Crippen LogP contribution in [0.25, 0.3) is 0 Å². The van der Waals surface area contributed by atoms with Crippen LogP contribution in [0.3, 0.4) is 0 Å². The number of carbonyl (C=O) groups excluding carboxylic acids is 1. The second-order valence-electron chi connectivity index (χ2n) is 4.83. The van der Waals surface area contributed by atoms with Crippen molar-refractivity contribution in [3.8, 4) is 0 Å². The summed E-state index contributed by atoms with van der Waals surface area (Å²) in [5.41, 5.74) is 5.31. The Labute approximate surface area is 123 Å². The minimum Gasteiger partial charge on any atom is -0.342 e. The summed E-state index contributed by atoms with van der Waals surface area (Å²) in [4.78, 5) is 13.2. The van der Waals surface area contributed by atoms with Crippen molar-refractivity contribution in [3.05, 3.63) is 29.6 Å². The standard InChI is InChI=1S/C13H18FN3O3S/c14-11-4-3-5-12(10(11)8-15)21(19,20)16-9-13(18)17-6-1-2-7-17/h3-5,16H,1-2,6-9,15H2. The van der Waals surface area contributed by atoms with E-state index in [1.54, 1.807) is 4.90 Å². The molecule has 3 N–H and O–H groups in total. The van der Waals surface area contributed by atoms with Crippen molar-refractivity contribution in [1.82, 2.24) is 9.62 Å². The summed E-state index contributed by atoms with van der Waals surface area (Å²) in [6, 6.07) is 3.72. The average Bonchev–Trinajstić information content (AvgIpc) is 2.99. The molecule has 0 spiro atoms. The van der Waals surface area contributed by atoms with Crippen molar-refractivity contribution in [1.29, 1.82) is 0 Å². The van der Waals surface area contributed by atoms with E-state index in [-0.39, 0.29) is 29.5 Å². The van der Waals surface area contributed by atoms with Crippen LogP contribution in [0.5, 0.6) is 0 Å². The molecule has 0 aliphatic carbocycles. The first kappa shape index (κ1) is 15.9. The van der Waals surface area contributed by atoms with Gasteiger partial charge in [0.05, 0.1) is 11.4 Å². The molecular formula is C13H18FN3O3S. The van der Waals surface area contributed by atoms with E-state index in [2.05, 4.69) is 4.72 Å². The van der Waals surface area contributed by atoms with E-state index in [9.17, 15) is 17.6 Å². The van der Waals surface area contributed by atoms with Gasteiger partial charge in [-0.05, 0) is 25.0 Å². The van der Waals surface area contributed by atoms with Crippen LogP contribution in [-0.4, -0.2) is 38.9 Å². The van der Waals surface area contributed by atoms with E-state index in [1.165, 1.54) is 12.1 Å². The zero-order valence-electron chi connectivity index (χ0n) is 11.5. The topological polar surface area (TPSA) is 92.5 Å². The van der Waals surface area contributed by atoms with Gasteiger partial charge in [0.25, 0.3) is 0 Å². The summed E-state index contributed by atoms with van der Waals surface area (Å²) in [6.07, 6.45) is 1.86. The second kappa shape index (κ2) is 6.50. The highest BCUT2D eigenvalue weighted by Gasteiger charge is 2.23. The minimum absolute atomic E-state index is 0.0846. The number of sulfonamides is 1. The van der Waals surface area contributed by atoms with Crippen molar-refractivity contribution in [2.45, 2.75) is 24.3 Å². The molecule has 116 valence electrons. The van der Waals surface area contributed by atoms with Crippen LogP contribution in [0.2, 0.25) is 0 Å². The number of hydrogen-bond acceptors (Lipinski definition) is 4. The Morgan fingerprint density at radius 3 is 2.62 bits per heavy atom. The lowest BCUT2D eigenvalue weighted by Crippen LogP contribution is -2.39. The van der Waals surface area contributed by atoms with Crippen molar-refractivity contribution < 1.29 is 17.6 Å². The van der Waals surface area contributed by atoms with Crippen molar-refractivity contribution in [3.63, 3.8) is 0 Å². The first-order chi connectivity index (χ1) is 9.95. The molecule has 2 rings (SSSR count). The summed E-state index contributed by atoms with van der Waals surface area (Å²) in [6.45, 7) is 0.731. The molecule has 1 heterocycles. The minimum atomic E-state index is -3.97. The van der Waals surface area contributed by atoms with E-state index >= 15 is 0 Å². The van der Waals surface area contributed by atoms with Crippen LogP contribution in [-0.2, 0) is 21.4 Å². The quantitative estimate of drug-likeness (QED) is 0.811. The Balaban J connectivity index is 2.11. The molecule has 0 atom stereocenters. The third-order valence-electron chi connectivity index (χ3n) is 3.44. The molecule has 0 radical (unpaired) electrons. The Morgan fingerprint density at radius 2 is 2.00 bits per heavy atom. The molecule has 0 saturated carbocycles. The SMILES string of the molecule is NCc1c(F)cccc1S(=O)(=O)NCC(=O)N1CCCC1. The third kappa shape index (κ3) is 3.58. The number of nitrogens with one attached hydrogen (secondary N) is 1. The van der Waals surface area contributed by atoms with E-state index < -0.39 is 15.8 Å². The van der Waals surface area contributed by atoms with Gasteiger partial charge >= 0.3 is 0 Å². The first-order valence-electron chi connectivity index (χ1n) is 6.70. The molecular weight excluding hydrogens is 297 g/mol. The molecule has 1 amide bonds. The van der Waals surface area contributed by atoms with Crippen molar-refractivity contribution in [2.75, 3.05) is 19.6 Å². The summed E-state index contributed by atoms with van der Waals surface area (Å²) in [5.74, 6) is -0.951. The Morgan fingerprint density at radius 1 is 1.33 bits per heavy atom. The van der Waals surface area contributed by atoms with Gasteiger partial charge in [-0.15, -0.1) is 0 Å². The molecule has 8 heteroatoms. The third-order valence-corrected chi connectivity index (χ3v) is 4.93. The first-order valence-corrected chi connectivity index (χ1v) is 8.19. The molecule has 0 aromatic heterocycles. The second-order valence-corrected chi connectivity index (χ2v) is 6.57. The lowest BCUT2D eigenvalue weighted by atomic mass is 10.2. The van der Waals surface area contributed by atoms with Crippen LogP contribution in [0.4, 0.5) is 4.39 Å². The number of nitrogens with zero attached hydrogens (tertiary/aromatic N) is 1. The lowest BCUT2D eigenvalue weighted by molar-refractivity contribution is -0.128. The van der Waals surface area contributed by atoms with Crippen LogP contribution < -0.4 is 10.5 Å². The van der Waals surface area contributed by atoms with Crippen LogP contribution >= 0.6 is 0 Å². The zero-order valence-corrected chi connectivity index (χ0v) is 12.3. The smallest absolute Gasteiger partial charge is 0.241 e. The van der Waals surface area contributed by atoms with Gasteiger partial charge < -0.3 is 10.6 Å². The molecule has 1 aliphatic heterocycles. The molecule has 1 aromatic rings. The molecule has 1 saturated heterocycles. The van der Waals surface area contributed by atoms with Gasteiger partial charge in [-0.25, -0.2) is 17.5 Å². The molecule has 6 nitrogen and oxygen atoms in total. The van der Waals surface area contributed by atoms with Gasteiger partial charge in [-0.2, -0.15) is 0 Å². The number of carbonyl (C=O) groups is 1. The predicted octanol–water partition coefficient (Wildman–Crippen LogP) is 0.185. The predicted molar refractivity (Wildman–Crippen MR) is 75.3 cm³/mol. The maximum atomic E-state index is 13.6. The summed E-state index contributed by atoms with van der Waals surface area (Å²) in [7, 11) is -3.97. The molecule has 1 fully saturated rings. The summed E-state index contributed by atoms with van der Waals surface area (Å²) < 4.78 is 40.1. The summed E-state index contributed by atoms with van der Waals surface area (Å²) in [5, 5.41) is 0. The zero-order chi connectivity index (χ0) is 15.5. The summed E-state index contributed by atoms with van der Waals surface area (Å²) >= 11 is 0. The van der Waals surface area contributed by atoms with Gasteiger partial charge in [0, 0.05) is 25.2 Å². The monoisotopic (exact) mass is 315 g/mol. The average molecular weight is 315 g/mol. The number of halogens is 1. The van der Waals surface area contributed by atoms with E-state index in [0.717, 1.165) is 18.9 Å². The molecule has 1 aliphatic rings. The van der Waals surface area contributed by atoms with Crippen molar-refractivity contribution >= 4 is 15.9 Å². The number of benzene rings is 1. The largest absolute Gasteiger partial charge is 0.342 e. The Bertz CT molecular complexity index is 628. The number of rotatable bonds is 5. The Hall–Kier alpha value is -1.51. The van der Waals surface area contributed by atoms with Gasteiger partial charge in [0.1, 0.15) is 5.82 Å². The van der Waals surface area contributed by atoms with Gasteiger partial charge in [-0.1, -0.05) is 6.07 Å². The van der Waals surface area contributed by atoms with Gasteiger partial charge in [-0.3, -0.25) is 4.79 Å². The maximum Gasteiger partial charge on any atom is 0.241 e. The van der Waals surface area contributed by atoms with Crippen LogP contribution in [0, 0.1) is 5.82 Å². The number of amides is 1. The van der Waals surface area contributed by atoms with E-state index in [0.29, 0.717) is 13.1 Å².